The van der Waals surface area contributed by atoms with Gasteiger partial charge in [-0.15, -0.1) is 0 Å². The van der Waals surface area contributed by atoms with Gasteiger partial charge in [-0.2, -0.15) is 5.10 Å². The molecule has 2 atom stereocenters. The van der Waals surface area contributed by atoms with Crippen LogP contribution in [-0.2, 0) is 18.4 Å². The summed E-state index contributed by atoms with van der Waals surface area (Å²) in [5, 5.41) is 4.38. The molecule has 0 radical (unpaired) electrons. The lowest BCUT2D eigenvalue weighted by Crippen LogP contribution is -2.33. The molecule has 1 aromatic rings. The van der Waals surface area contributed by atoms with Crippen molar-refractivity contribution in [3.05, 3.63) is 15.9 Å². The Morgan fingerprint density at radius 3 is 2.78 bits per heavy atom. The van der Waals surface area contributed by atoms with Gasteiger partial charge in [0.25, 0.3) is 0 Å². The minimum Gasteiger partial charge on any atom is -0.372 e. The lowest BCUT2D eigenvalue weighted by atomic mass is 9.86. The molecule has 102 valence electrons. The fourth-order valence-corrected chi connectivity index (χ4v) is 3.14. The van der Waals surface area contributed by atoms with Crippen LogP contribution >= 0.6 is 15.9 Å². The van der Waals surface area contributed by atoms with Crippen molar-refractivity contribution in [3.63, 3.8) is 0 Å². The highest BCUT2D eigenvalue weighted by atomic mass is 79.9. The summed E-state index contributed by atoms with van der Waals surface area (Å²) in [5.41, 5.74) is 7.93. The molecular formula is C13H22BrN3O. The van der Waals surface area contributed by atoms with Gasteiger partial charge in [-0.1, -0.05) is 12.8 Å². The van der Waals surface area contributed by atoms with E-state index in [1.54, 1.807) is 0 Å². The molecule has 1 aromatic heterocycles. The largest absolute Gasteiger partial charge is 0.372 e. The number of rotatable bonds is 4. The fraction of sp³-hybridized carbons (Fsp3) is 0.769. The highest BCUT2D eigenvalue weighted by Crippen LogP contribution is 2.28. The lowest BCUT2D eigenvalue weighted by Gasteiger charge is -2.30. The number of nitrogens with zero attached hydrogens (tertiary/aromatic N) is 2. The van der Waals surface area contributed by atoms with Gasteiger partial charge in [0, 0.05) is 7.05 Å². The maximum absolute atomic E-state index is 6.08. The zero-order valence-corrected chi connectivity index (χ0v) is 12.7. The summed E-state index contributed by atoms with van der Waals surface area (Å²) in [6.45, 7) is 3.34. The first kappa shape index (κ1) is 14.0. The second-order valence-corrected chi connectivity index (χ2v) is 5.89. The highest BCUT2D eigenvalue weighted by molar-refractivity contribution is 9.10. The summed E-state index contributed by atoms with van der Waals surface area (Å²) in [6, 6.07) is 0. The standard InChI is InChI=1S/C13H22BrN3O/c1-9-13(14)11(17(2)16-9)8-18-12-6-4-3-5-10(12)7-15/h10,12H,3-8,15H2,1-2H3. The monoisotopic (exact) mass is 315 g/mol. The van der Waals surface area contributed by atoms with E-state index in [1.165, 1.54) is 19.3 Å². The van der Waals surface area contributed by atoms with Crippen molar-refractivity contribution in [2.24, 2.45) is 18.7 Å². The number of hydrogen-bond acceptors (Lipinski definition) is 3. The zero-order chi connectivity index (χ0) is 13.1. The summed E-state index contributed by atoms with van der Waals surface area (Å²) < 4.78 is 9.03. The van der Waals surface area contributed by atoms with E-state index in [-0.39, 0.29) is 0 Å². The number of hydrogen-bond donors (Lipinski definition) is 1. The average Bonchev–Trinajstić information content (AvgIpc) is 2.62. The molecule has 1 heterocycles. The van der Waals surface area contributed by atoms with E-state index in [0.29, 0.717) is 18.6 Å². The smallest absolute Gasteiger partial charge is 0.0900 e. The molecule has 4 nitrogen and oxygen atoms in total. The van der Waals surface area contributed by atoms with Crippen molar-refractivity contribution in [3.8, 4) is 0 Å². The van der Waals surface area contributed by atoms with Gasteiger partial charge in [0.05, 0.1) is 28.6 Å². The molecule has 0 bridgehead atoms. The third-order valence-corrected chi connectivity index (χ3v) is 4.87. The van der Waals surface area contributed by atoms with E-state index in [4.69, 9.17) is 10.5 Å². The predicted octanol–water partition coefficient (Wildman–Crippen LogP) is 2.53. The van der Waals surface area contributed by atoms with Crippen molar-refractivity contribution in [1.29, 1.82) is 0 Å². The van der Waals surface area contributed by atoms with Crippen LogP contribution in [-0.4, -0.2) is 22.4 Å². The summed E-state index contributed by atoms with van der Waals surface area (Å²) in [4.78, 5) is 0. The Morgan fingerprint density at radius 1 is 1.44 bits per heavy atom. The average molecular weight is 316 g/mol. The molecule has 1 aliphatic carbocycles. The minimum absolute atomic E-state index is 0.311. The number of aryl methyl sites for hydroxylation is 2. The van der Waals surface area contributed by atoms with Crippen LogP contribution in [0.15, 0.2) is 4.47 Å². The maximum Gasteiger partial charge on any atom is 0.0900 e. The molecule has 0 amide bonds. The molecule has 0 saturated heterocycles. The van der Waals surface area contributed by atoms with Gasteiger partial charge in [-0.3, -0.25) is 4.68 Å². The number of halogens is 1. The Morgan fingerprint density at radius 2 is 2.17 bits per heavy atom. The van der Waals surface area contributed by atoms with E-state index >= 15 is 0 Å². The number of aromatic nitrogens is 2. The maximum atomic E-state index is 6.08. The predicted molar refractivity (Wildman–Crippen MR) is 75.2 cm³/mol. The molecule has 2 rings (SSSR count). The molecule has 1 fully saturated rings. The second-order valence-electron chi connectivity index (χ2n) is 5.10. The third kappa shape index (κ3) is 2.95. The van der Waals surface area contributed by atoms with Crippen molar-refractivity contribution in [2.45, 2.75) is 45.3 Å². The molecule has 0 spiro atoms. The van der Waals surface area contributed by atoms with Crippen LogP contribution in [0.3, 0.4) is 0 Å². The Kier molecular flexibility index (Phi) is 4.81. The van der Waals surface area contributed by atoms with E-state index in [1.807, 2.05) is 18.7 Å². The van der Waals surface area contributed by atoms with Crippen molar-refractivity contribution in [1.82, 2.24) is 9.78 Å². The van der Waals surface area contributed by atoms with Crippen LogP contribution in [0.2, 0.25) is 0 Å². The summed E-state index contributed by atoms with van der Waals surface area (Å²) in [5.74, 6) is 0.520. The van der Waals surface area contributed by atoms with Crippen molar-refractivity contribution < 1.29 is 4.74 Å². The van der Waals surface area contributed by atoms with E-state index in [0.717, 1.165) is 28.8 Å². The van der Waals surface area contributed by atoms with E-state index in [2.05, 4.69) is 21.0 Å². The molecule has 2 unspecified atom stereocenters. The molecule has 1 aliphatic rings. The van der Waals surface area contributed by atoms with E-state index in [9.17, 15) is 0 Å². The zero-order valence-electron chi connectivity index (χ0n) is 11.2. The van der Waals surface area contributed by atoms with Gasteiger partial charge in [0.15, 0.2) is 0 Å². The Labute approximate surface area is 117 Å². The molecular weight excluding hydrogens is 294 g/mol. The highest BCUT2D eigenvalue weighted by Gasteiger charge is 2.25. The number of nitrogens with two attached hydrogens (primary N) is 1. The molecule has 2 N–H and O–H groups in total. The number of ether oxygens (including phenoxy) is 1. The van der Waals surface area contributed by atoms with Gasteiger partial charge in [0.1, 0.15) is 0 Å². The van der Waals surface area contributed by atoms with Gasteiger partial charge < -0.3 is 10.5 Å². The van der Waals surface area contributed by atoms with Gasteiger partial charge in [-0.05, 0) is 48.2 Å². The molecule has 0 aromatic carbocycles. The van der Waals surface area contributed by atoms with Crippen LogP contribution < -0.4 is 5.73 Å². The Balaban J connectivity index is 1.98. The normalized spacial score (nSPS) is 24.4. The van der Waals surface area contributed by atoms with Crippen LogP contribution in [0.1, 0.15) is 37.1 Å². The SMILES string of the molecule is Cc1nn(C)c(COC2CCCCC2CN)c1Br. The lowest BCUT2D eigenvalue weighted by molar-refractivity contribution is -0.0208. The molecule has 5 heteroatoms. The van der Waals surface area contributed by atoms with Crippen LogP contribution in [0.5, 0.6) is 0 Å². The van der Waals surface area contributed by atoms with Crippen molar-refractivity contribution in [2.75, 3.05) is 6.54 Å². The topological polar surface area (TPSA) is 53.1 Å². The Bertz CT molecular complexity index is 405. The first-order chi connectivity index (χ1) is 8.63. The van der Waals surface area contributed by atoms with Crippen LogP contribution in [0.4, 0.5) is 0 Å². The van der Waals surface area contributed by atoms with E-state index < -0.39 is 0 Å². The molecule has 0 aliphatic heterocycles. The summed E-state index contributed by atoms with van der Waals surface area (Å²) >= 11 is 3.57. The quantitative estimate of drug-likeness (QED) is 0.929. The van der Waals surface area contributed by atoms with Crippen molar-refractivity contribution >= 4 is 15.9 Å². The second kappa shape index (κ2) is 6.17. The molecule has 1 saturated carbocycles. The molecule has 18 heavy (non-hydrogen) atoms. The first-order valence-corrected chi connectivity index (χ1v) is 7.42. The minimum atomic E-state index is 0.311. The van der Waals surface area contributed by atoms with Gasteiger partial charge in [-0.25, -0.2) is 0 Å². The Hall–Kier alpha value is -0.390. The summed E-state index contributed by atoms with van der Waals surface area (Å²) in [7, 11) is 1.96. The van der Waals surface area contributed by atoms with Gasteiger partial charge in [0.2, 0.25) is 0 Å². The third-order valence-electron chi connectivity index (χ3n) is 3.84. The van der Waals surface area contributed by atoms with Crippen LogP contribution in [0.25, 0.3) is 0 Å². The van der Waals surface area contributed by atoms with Crippen LogP contribution in [0, 0.1) is 12.8 Å². The fourth-order valence-electron chi connectivity index (χ4n) is 2.69. The first-order valence-electron chi connectivity index (χ1n) is 6.63. The van der Waals surface area contributed by atoms with Gasteiger partial charge >= 0.3 is 0 Å². The summed E-state index contributed by atoms with van der Waals surface area (Å²) in [6.07, 6.45) is 5.19.